The van der Waals surface area contributed by atoms with E-state index in [1.165, 1.54) is 5.01 Å². The van der Waals surface area contributed by atoms with Gasteiger partial charge in [0, 0.05) is 62.4 Å². The van der Waals surface area contributed by atoms with E-state index in [1.54, 1.807) is 33.3 Å². The summed E-state index contributed by atoms with van der Waals surface area (Å²) >= 11 is 0. The number of carboxylic acid groups (broad SMARTS) is 1. The first-order valence-corrected chi connectivity index (χ1v) is 12.3. The van der Waals surface area contributed by atoms with Crippen molar-refractivity contribution in [2.75, 3.05) is 30.9 Å². The lowest BCUT2D eigenvalue weighted by Gasteiger charge is -2.33. The number of nitrogen functional groups attached to an aromatic ring is 1. The first-order chi connectivity index (χ1) is 17.5. The summed E-state index contributed by atoms with van der Waals surface area (Å²) in [6, 6.07) is 7.75. The number of hydrogen-bond acceptors (Lipinski definition) is 8. The molecule has 9 nitrogen and oxygen atoms in total. The summed E-state index contributed by atoms with van der Waals surface area (Å²) in [6.45, 7) is 10.1. The second kappa shape index (κ2) is 10.4. The lowest BCUT2D eigenvalue weighted by Crippen LogP contribution is -2.33. The average Bonchev–Trinajstić information content (AvgIpc) is 3.05. The second-order valence-electron chi connectivity index (χ2n) is 10.3. The van der Waals surface area contributed by atoms with Gasteiger partial charge in [-0.25, -0.2) is 5.84 Å². The largest absolute Gasteiger partial charge is 0.492 e. The van der Waals surface area contributed by atoms with Crippen molar-refractivity contribution in [1.29, 1.82) is 0 Å². The van der Waals surface area contributed by atoms with Crippen molar-refractivity contribution in [3.8, 4) is 5.75 Å². The molecule has 5 N–H and O–H groups in total. The molecule has 1 atom stereocenters. The van der Waals surface area contributed by atoms with Crippen molar-refractivity contribution in [2.24, 2.45) is 11.3 Å². The van der Waals surface area contributed by atoms with Crippen LogP contribution in [0.15, 0.2) is 42.9 Å². The highest BCUT2D eigenvalue weighted by Crippen LogP contribution is 2.45. The van der Waals surface area contributed by atoms with Crippen molar-refractivity contribution in [1.82, 2.24) is 14.9 Å². The molecule has 0 amide bonds. The zero-order valence-corrected chi connectivity index (χ0v) is 22.2. The molecule has 0 spiro atoms. The van der Waals surface area contributed by atoms with E-state index in [9.17, 15) is 9.90 Å². The Balaban J connectivity index is 1.75. The van der Waals surface area contributed by atoms with E-state index in [4.69, 9.17) is 21.3 Å². The van der Waals surface area contributed by atoms with Gasteiger partial charge in [-0.3, -0.25) is 19.7 Å². The van der Waals surface area contributed by atoms with Gasteiger partial charge < -0.3 is 20.6 Å². The van der Waals surface area contributed by atoms with Crippen LogP contribution in [-0.4, -0.2) is 46.1 Å². The normalized spacial score (nSPS) is 14.9. The summed E-state index contributed by atoms with van der Waals surface area (Å²) in [6.07, 6.45) is 5.37. The fourth-order valence-electron chi connectivity index (χ4n) is 5.03. The predicted molar refractivity (Wildman–Crippen MR) is 144 cm³/mol. The van der Waals surface area contributed by atoms with Crippen molar-refractivity contribution in [3.05, 3.63) is 76.4 Å². The number of rotatable bonds is 7. The lowest BCUT2D eigenvalue weighted by atomic mass is 9.70. The fourth-order valence-corrected chi connectivity index (χ4v) is 5.03. The van der Waals surface area contributed by atoms with E-state index in [0.717, 1.165) is 45.8 Å². The van der Waals surface area contributed by atoms with Gasteiger partial charge in [0.25, 0.3) is 0 Å². The van der Waals surface area contributed by atoms with Crippen molar-refractivity contribution < 1.29 is 14.6 Å². The molecular weight excluding hydrogens is 468 g/mol. The Bertz CT molecular complexity index is 1310. The summed E-state index contributed by atoms with van der Waals surface area (Å²) in [5.74, 6) is 5.44. The molecule has 37 heavy (non-hydrogen) atoms. The quantitative estimate of drug-likeness (QED) is 0.251. The van der Waals surface area contributed by atoms with Gasteiger partial charge in [0.15, 0.2) is 0 Å². The SMILES string of the molecule is Cc1ncc(C(c2ccc(N(C)N)c(N)c2C)C(C)(C)C(=O)O)cc1CN1CCOc2ccncc2C1. The monoisotopic (exact) mass is 504 g/mol. The number of nitrogens with two attached hydrogens (primary N) is 2. The van der Waals surface area contributed by atoms with Gasteiger partial charge in [-0.05, 0) is 62.1 Å². The Kier molecular flexibility index (Phi) is 7.38. The van der Waals surface area contributed by atoms with Gasteiger partial charge >= 0.3 is 5.97 Å². The molecule has 3 aromatic rings. The third kappa shape index (κ3) is 5.23. The second-order valence-corrected chi connectivity index (χ2v) is 10.3. The highest BCUT2D eigenvalue weighted by molar-refractivity contribution is 5.78. The van der Waals surface area contributed by atoms with Crippen LogP contribution in [0.4, 0.5) is 11.4 Å². The Labute approximate surface area is 218 Å². The molecule has 0 aliphatic carbocycles. The Morgan fingerprint density at radius 3 is 2.73 bits per heavy atom. The number of carboxylic acids is 1. The molecule has 0 saturated carbocycles. The van der Waals surface area contributed by atoms with Crippen LogP contribution in [-0.2, 0) is 17.9 Å². The Morgan fingerprint density at radius 1 is 1.27 bits per heavy atom. The van der Waals surface area contributed by atoms with Crippen molar-refractivity contribution in [3.63, 3.8) is 0 Å². The number of pyridine rings is 2. The van der Waals surface area contributed by atoms with Crippen LogP contribution in [0.2, 0.25) is 0 Å². The van der Waals surface area contributed by atoms with E-state index in [-0.39, 0.29) is 0 Å². The summed E-state index contributed by atoms with van der Waals surface area (Å²) in [7, 11) is 1.72. The average molecular weight is 505 g/mol. The van der Waals surface area contributed by atoms with E-state index >= 15 is 0 Å². The molecule has 1 unspecified atom stereocenters. The zero-order valence-electron chi connectivity index (χ0n) is 22.2. The number of fused-ring (bicyclic) bond motifs is 1. The third-order valence-corrected chi connectivity index (χ3v) is 7.36. The van der Waals surface area contributed by atoms with Crippen LogP contribution in [0.1, 0.15) is 53.3 Å². The molecule has 1 aliphatic rings. The van der Waals surface area contributed by atoms with Crippen molar-refractivity contribution >= 4 is 17.3 Å². The highest BCUT2D eigenvalue weighted by atomic mass is 16.5. The molecule has 0 bridgehead atoms. The number of hydrazine groups is 1. The topological polar surface area (TPSA) is 131 Å². The van der Waals surface area contributed by atoms with Crippen LogP contribution in [0, 0.1) is 19.3 Å². The van der Waals surface area contributed by atoms with Crippen LogP contribution in [0.3, 0.4) is 0 Å². The van der Waals surface area contributed by atoms with Crippen molar-refractivity contribution in [2.45, 2.75) is 46.7 Å². The summed E-state index contributed by atoms with van der Waals surface area (Å²) in [5.41, 5.74) is 12.0. The number of aryl methyl sites for hydroxylation is 1. The smallest absolute Gasteiger partial charge is 0.310 e. The third-order valence-electron chi connectivity index (χ3n) is 7.36. The van der Waals surface area contributed by atoms with Gasteiger partial charge in [0.1, 0.15) is 12.4 Å². The maximum absolute atomic E-state index is 12.5. The molecule has 3 heterocycles. The lowest BCUT2D eigenvalue weighted by molar-refractivity contribution is -0.147. The first kappa shape index (κ1) is 26.4. The van der Waals surface area contributed by atoms with Crippen LogP contribution >= 0.6 is 0 Å². The van der Waals surface area contributed by atoms with Gasteiger partial charge in [-0.1, -0.05) is 12.1 Å². The minimum absolute atomic E-state index is 0.478. The molecular formula is C28H36N6O3. The highest BCUT2D eigenvalue weighted by Gasteiger charge is 2.40. The van der Waals surface area contributed by atoms with E-state index < -0.39 is 17.3 Å². The van der Waals surface area contributed by atoms with Gasteiger partial charge in [-0.2, -0.15) is 0 Å². The Morgan fingerprint density at radius 2 is 2.03 bits per heavy atom. The van der Waals surface area contributed by atoms with Crippen LogP contribution in [0.25, 0.3) is 0 Å². The summed E-state index contributed by atoms with van der Waals surface area (Å²) < 4.78 is 5.90. The number of nitrogens with zero attached hydrogens (tertiary/aromatic N) is 4. The summed E-state index contributed by atoms with van der Waals surface area (Å²) in [5, 5.41) is 11.7. The first-order valence-electron chi connectivity index (χ1n) is 12.3. The number of anilines is 2. The number of ether oxygens (including phenoxy) is 1. The predicted octanol–water partition coefficient (Wildman–Crippen LogP) is 3.62. The van der Waals surface area contributed by atoms with Gasteiger partial charge in [-0.15, -0.1) is 0 Å². The van der Waals surface area contributed by atoms with Crippen LogP contribution in [0.5, 0.6) is 5.75 Å². The minimum Gasteiger partial charge on any atom is -0.492 e. The van der Waals surface area contributed by atoms with Gasteiger partial charge in [0.05, 0.1) is 16.8 Å². The number of hydrogen-bond donors (Lipinski definition) is 3. The van der Waals surface area contributed by atoms with E-state index in [2.05, 4.69) is 16.0 Å². The molecule has 0 fully saturated rings. The van der Waals surface area contributed by atoms with E-state index in [1.807, 2.05) is 38.2 Å². The molecule has 9 heteroatoms. The molecule has 0 radical (unpaired) electrons. The maximum Gasteiger partial charge on any atom is 0.310 e. The summed E-state index contributed by atoms with van der Waals surface area (Å²) in [4.78, 5) is 23.8. The molecule has 1 aromatic carbocycles. The van der Waals surface area contributed by atoms with Crippen LogP contribution < -0.4 is 21.3 Å². The molecule has 2 aromatic heterocycles. The number of benzene rings is 1. The number of aliphatic carboxylic acids is 1. The van der Waals surface area contributed by atoms with Gasteiger partial charge in [0.2, 0.25) is 0 Å². The fraction of sp³-hybridized carbons (Fsp3) is 0.393. The Hall–Kier alpha value is -3.69. The van der Waals surface area contributed by atoms with E-state index in [0.29, 0.717) is 31.1 Å². The maximum atomic E-state index is 12.5. The number of carbonyl (C=O) groups is 1. The molecule has 196 valence electrons. The molecule has 1 aliphatic heterocycles. The molecule has 0 saturated heterocycles. The molecule has 4 rings (SSSR count). The zero-order chi connectivity index (χ0) is 26.9. The number of aromatic nitrogens is 2. The standard InChI is InChI=1S/C28H36N6O3/c1-17-22(6-7-23(26(17)29)33(5)30)25(28(3,4)27(35)36)19-12-20(18(2)32-14-19)15-34-10-11-37-24-8-9-31-13-21(24)16-34/h6-9,12-14,25H,10-11,15-16,29-30H2,1-5H3,(H,35,36). The minimum atomic E-state index is -1.12.